The Morgan fingerprint density at radius 2 is 1.28 bits per heavy atom. The first-order valence-electron chi connectivity index (χ1n) is 23.6. The summed E-state index contributed by atoms with van der Waals surface area (Å²) in [7, 11) is 0. The molecule has 384 valence electrons. The van der Waals surface area contributed by atoms with E-state index in [1.54, 1.807) is 0 Å². The number of esters is 2. The highest BCUT2D eigenvalue weighted by Crippen LogP contribution is 2.48. The number of unbranched alkanes of at least 4 members (excludes halogenated alkanes) is 1. The molecule has 14 atom stereocenters. The lowest BCUT2D eigenvalue weighted by Crippen LogP contribution is -2.57. The summed E-state index contributed by atoms with van der Waals surface area (Å²) in [6, 6.07) is 38.7. The summed E-state index contributed by atoms with van der Waals surface area (Å²) in [4.78, 5) is 26.5. The standard InChI is InChI=1S/C52H59Cl3O16/c53-25-37-42(58)48(60)51(31-54,68-37)70-50-46-43(59)47(55)52(69-46,71-50)32-66-41(57)24-14-13-23-40(56)63-29-38(61-26-33-15-5-1-6-16-33)44(64-28-35-19-9-3-10-20-35)45-39(62-27-34-17-7-2-8-18-34)30-65-49(67-45)36-21-11-4-12-22-36/h1-12,15-22,37-39,42-50,58-60H,13-14,23-32H2/t37-,38+,39+,42+,43-,44?,45?,46?,47-,48+,49-,50+,51+,52?/m1/s1. The van der Waals surface area contributed by atoms with E-state index in [-0.39, 0.29) is 64.6 Å². The van der Waals surface area contributed by atoms with Crippen molar-refractivity contribution in [2.24, 2.45) is 0 Å². The molecule has 16 nitrogen and oxygen atoms in total. The van der Waals surface area contributed by atoms with Crippen LogP contribution in [0.3, 0.4) is 0 Å². The molecule has 4 aliphatic heterocycles. The fourth-order valence-electron chi connectivity index (χ4n) is 8.80. The Balaban J connectivity index is 0.895. The molecule has 4 aromatic rings. The Labute approximate surface area is 427 Å². The molecule has 0 spiro atoms. The van der Waals surface area contributed by atoms with Crippen LogP contribution in [0.1, 0.15) is 54.2 Å². The van der Waals surface area contributed by atoms with E-state index in [0.29, 0.717) is 0 Å². The van der Waals surface area contributed by atoms with Crippen LogP contribution in [-0.4, -0.2) is 137 Å². The van der Waals surface area contributed by atoms with Crippen LogP contribution in [0.25, 0.3) is 0 Å². The molecule has 4 aliphatic rings. The lowest BCUT2D eigenvalue weighted by Gasteiger charge is -2.42. The molecular weight excluding hydrogens is 987 g/mol. The normalized spacial score (nSPS) is 31.0. The number of rotatable bonds is 25. The zero-order chi connectivity index (χ0) is 49.8. The first-order chi connectivity index (χ1) is 34.5. The maximum Gasteiger partial charge on any atom is 0.305 e. The Bertz CT molecular complexity index is 2260. The number of aliphatic hydroxyl groups excluding tert-OH is 3. The second-order valence-corrected chi connectivity index (χ2v) is 18.8. The van der Waals surface area contributed by atoms with E-state index < -0.39 is 109 Å². The molecule has 4 saturated heterocycles. The van der Waals surface area contributed by atoms with Crippen molar-refractivity contribution >= 4 is 46.7 Å². The highest BCUT2D eigenvalue weighted by Gasteiger charge is 2.68. The molecule has 2 bridgehead atoms. The maximum absolute atomic E-state index is 13.5. The number of aliphatic hydroxyl groups is 3. The van der Waals surface area contributed by atoms with Gasteiger partial charge in [-0.1, -0.05) is 121 Å². The van der Waals surface area contributed by atoms with E-state index >= 15 is 0 Å². The second-order valence-electron chi connectivity index (χ2n) is 17.7. The fourth-order valence-corrected chi connectivity index (χ4v) is 9.64. The van der Waals surface area contributed by atoms with Crippen molar-refractivity contribution in [3.63, 3.8) is 0 Å². The molecule has 0 saturated carbocycles. The van der Waals surface area contributed by atoms with Gasteiger partial charge in [0.2, 0.25) is 11.6 Å². The van der Waals surface area contributed by atoms with E-state index in [9.17, 15) is 24.9 Å². The van der Waals surface area contributed by atoms with Gasteiger partial charge in [0.25, 0.3) is 0 Å². The van der Waals surface area contributed by atoms with Gasteiger partial charge in [0.1, 0.15) is 73.5 Å². The summed E-state index contributed by atoms with van der Waals surface area (Å²) < 4.78 is 67.9. The molecule has 8 rings (SSSR count). The van der Waals surface area contributed by atoms with E-state index in [1.807, 2.05) is 121 Å². The van der Waals surface area contributed by atoms with Gasteiger partial charge in [-0.15, -0.1) is 34.8 Å². The Morgan fingerprint density at radius 3 is 1.87 bits per heavy atom. The van der Waals surface area contributed by atoms with Gasteiger partial charge >= 0.3 is 11.9 Å². The van der Waals surface area contributed by atoms with Crippen LogP contribution in [0.4, 0.5) is 0 Å². The number of benzene rings is 4. The van der Waals surface area contributed by atoms with Crippen molar-refractivity contribution < 1.29 is 77.0 Å². The number of fused-ring (bicyclic) bond motifs is 2. The average molecular weight is 1050 g/mol. The first-order valence-corrected chi connectivity index (χ1v) is 25.1. The minimum absolute atomic E-state index is 0.0246. The molecule has 0 amide bonds. The smallest absolute Gasteiger partial charge is 0.305 e. The van der Waals surface area contributed by atoms with Gasteiger partial charge in [-0.05, 0) is 29.5 Å². The monoisotopic (exact) mass is 1040 g/mol. The predicted molar refractivity (Wildman–Crippen MR) is 256 cm³/mol. The van der Waals surface area contributed by atoms with Gasteiger partial charge in [0.05, 0.1) is 38.2 Å². The van der Waals surface area contributed by atoms with Gasteiger partial charge < -0.3 is 67.4 Å². The molecule has 3 N–H and O–H groups in total. The molecule has 4 aromatic carbocycles. The van der Waals surface area contributed by atoms with Crippen LogP contribution in [0, 0.1) is 0 Å². The van der Waals surface area contributed by atoms with E-state index in [4.69, 9.17) is 86.9 Å². The second kappa shape index (κ2) is 25.4. The zero-order valence-corrected chi connectivity index (χ0v) is 41.0. The summed E-state index contributed by atoms with van der Waals surface area (Å²) >= 11 is 18.5. The minimum atomic E-state index is -1.94. The van der Waals surface area contributed by atoms with Crippen LogP contribution in [0.2, 0.25) is 0 Å². The summed E-state index contributed by atoms with van der Waals surface area (Å²) in [5, 5.41) is 30.8. The van der Waals surface area contributed by atoms with Crippen LogP contribution in [-0.2, 0) is 81.5 Å². The number of hydrogen-bond acceptors (Lipinski definition) is 16. The highest BCUT2D eigenvalue weighted by molar-refractivity contribution is 6.22. The van der Waals surface area contributed by atoms with Gasteiger partial charge in [0, 0.05) is 18.4 Å². The largest absolute Gasteiger partial charge is 0.463 e. The predicted octanol–water partition coefficient (Wildman–Crippen LogP) is 6.23. The Hall–Kier alpha value is -3.79. The molecule has 0 aromatic heterocycles. The highest BCUT2D eigenvalue weighted by atomic mass is 35.5. The molecule has 71 heavy (non-hydrogen) atoms. The lowest BCUT2D eigenvalue weighted by atomic mass is 10.0. The molecule has 0 radical (unpaired) electrons. The van der Waals surface area contributed by atoms with Crippen molar-refractivity contribution in [3.05, 3.63) is 144 Å². The molecule has 4 heterocycles. The number of carbonyl (C=O) groups is 2. The van der Waals surface area contributed by atoms with Crippen LogP contribution >= 0.6 is 34.8 Å². The lowest BCUT2D eigenvalue weighted by molar-refractivity contribution is -0.331. The minimum Gasteiger partial charge on any atom is -0.463 e. The number of ether oxygens (including phenoxy) is 11. The van der Waals surface area contributed by atoms with Crippen LogP contribution < -0.4 is 0 Å². The Kier molecular flexibility index (Phi) is 19.2. The third-order valence-corrected chi connectivity index (χ3v) is 14.0. The van der Waals surface area contributed by atoms with E-state index in [0.717, 1.165) is 22.3 Å². The van der Waals surface area contributed by atoms with Gasteiger partial charge in [-0.2, -0.15) is 0 Å². The maximum atomic E-state index is 13.5. The third kappa shape index (κ3) is 13.3. The van der Waals surface area contributed by atoms with Crippen molar-refractivity contribution in [1.29, 1.82) is 0 Å². The molecule has 4 fully saturated rings. The van der Waals surface area contributed by atoms with E-state index in [1.165, 1.54) is 0 Å². The topological polar surface area (TPSA) is 196 Å². The summed E-state index contributed by atoms with van der Waals surface area (Å²) in [6.45, 7) is 0.119. The summed E-state index contributed by atoms with van der Waals surface area (Å²) in [6.07, 6.45) is -11.3. The van der Waals surface area contributed by atoms with Crippen LogP contribution in [0.15, 0.2) is 121 Å². The number of carbonyl (C=O) groups excluding carboxylic acids is 2. The SMILES string of the molecule is O=C(CCCCC(=O)OCC12OC([C@@H](O[C@]3(CCl)O[C@H](CCl)[C@H](O)[C@@H]3O)O1)[C@@H](O)[C@H]2Cl)OC[C@H](OCc1ccccc1)C(OCc1ccccc1)C1O[C@H](c2ccccc2)OC[C@@H]1OCc1ccccc1. The number of hydrogen-bond donors (Lipinski definition) is 3. The first kappa shape index (κ1) is 53.5. The third-order valence-electron chi connectivity index (χ3n) is 12.7. The molecule has 4 unspecified atom stereocenters. The summed E-state index contributed by atoms with van der Waals surface area (Å²) in [5.41, 5.74) is 3.58. The Morgan fingerprint density at radius 1 is 0.704 bits per heavy atom. The molecule has 0 aliphatic carbocycles. The molecular formula is C52H59Cl3O16. The van der Waals surface area contributed by atoms with Gasteiger partial charge in [-0.25, -0.2) is 0 Å². The van der Waals surface area contributed by atoms with Gasteiger partial charge in [0.15, 0.2) is 12.6 Å². The van der Waals surface area contributed by atoms with Crippen LogP contribution in [0.5, 0.6) is 0 Å². The van der Waals surface area contributed by atoms with E-state index in [2.05, 4.69) is 0 Å². The van der Waals surface area contributed by atoms with Crippen molar-refractivity contribution in [2.75, 3.05) is 31.6 Å². The van der Waals surface area contributed by atoms with Crippen molar-refractivity contribution in [3.8, 4) is 0 Å². The average Bonchev–Trinajstić information content (AvgIpc) is 3.99. The summed E-state index contributed by atoms with van der Waals surface area (Å²) in [5.74, 6) is -5.52. The fraction of sp³-hybridized carbons (Fsp3) is 0.500. The van der Waals surface area contributed by atoms with Crippen molar-refractivity contribution in [2.45, 2.75) is 130 Å². The van der Waals surface area contributed by atoms with Crippen molar-refractivity contribution in [1.82, 2.24) is 0 Å². The molecule has 19 heteroatoms. The number of halogens is 3. The number of alkyl halides is 3. The van der Waals surface area contributed by atoms with Gasteiger partial charge in [-0.3, -0.25) is 9.59 Å². The zero-order valence-electron chi connectivity index (χ0n) is 38.7. The quantitative estimate of drug-likeness (QED) is 0.0383.